The largest absolute Gasteiger partial charge is 0.471 e. The Morgan fingerprint density at radius 1 is 1.17 bits per heavy atom. The second-order valence-corrected chi connectivity index (χ2v) is 6.05. The Bertz CT molecular complexity index is 623. The van der Waals surface area contributed by atoms with Crippen LogP contribution in [-0.4, -0.2) is 63.4 Å². The van der Waals surface area contributed by atoms with Gasteiger partial charge in [-0.2, -0.15) is 13.2 Å². The zero-order chi connectivity index (χ0) is 17.3. The maximum Gasteiger partial charge on any atom is 0.471 e. The second kappa shape index (κ2) is 6.37. The zero-order valence-corrected chi connectivity index (χ0v) is 12.9. The van der Waals surface area contributed by atoms with Crippen molar-refractivity contribution in [3.8, 4) is 0 Å². The lowest BCUT2D eigenvalue weighted by Gasteiger charge is -2.28. The Hall–Kier alpha value is -2.19. The molecule has 3 rings (SSSR count). The lowest BCUT2D eigenvalue weighted by atomic mass is 10.1. The van der Waals surface area contributed by atoms with E-state index in [2.05, 4.69) is 9.97 Å². The minimum atomic E-state index is -4.95. The van der Waals surface area contributed by atoms with E-state index in [0.29, 0.717) is 30.8 Å². The summed E-state index contributed by atoms with van der Waals surface area (Å²) in [5, 5.41) is 0. The Morgan fingerprint density at radius 3 is 2.62 bits per heavy atom. The summed E-state index contributed by atoms with van der Waals surface area (Å²) in [5.41, 5.74) is 0.766. The summed E-state index contributed by atoms with van der Waals surface area (Å²) >= 11 is 0. The van der Waals surface area contributed by atoms with E-state index >= 15 is 0 Å². The highest BCUT2D eigenvalue weighted by atomic mass is 19.4. The van der Waals surface area contributed by atoms with E-state index < -0.39 is 24.0 Å². The van der Waals surface area contributed by atoms with Crippen LogP contribution in [0.2, 0.25) is 0 Å². The highest BCUT2D eigenvalue weighted by Gasteiger charge is 2.48. The van der Waals surface area contributed by atoms with Crippen LogP contribution in [0.5, 0.6) is 0 Å². The molecule has 0 radical (unpaired) electrons. The topological polar surface area (TPSA) is 66.4 Å². The molecular formula is C15H17F3N4O2. The molecule has 2 saturated heterocycles. The Balaban J connectivity index is 1.67. The van der Waals surface area contributed by atoms with Crippen molar-refractivity contribution < 1.29 is 22.8 Å². The number of nitrogens with zero attached hydrogens (tertiary/aromatic N) is 4. The highest BCUT2D eigenvalue weighted by molar-refractivity contribution is 5.90. The quantitative estimate of drug-likeness (QED) is 0.814. The molecule has 0 bridgehead atoms. The summed E-state index contributed by atoms with van der Waals surface area (Å²) in [6.07, 6.45) is 1.17. The average molecular weight is 342 g/mol. The van der Waals surface area contributed by atoms with E-state index in [4.69, 9.17) is 0 Å². The van der Waals surface area contributed by atoms with Gasteiger partial charge >= 0.3 is 12.1 Å². The number of carbonyl (C=O) groups is 2. The predicted octanol–water partition coefficient (Wildman–Crippen LogP) is 1.35. The molecular weight excluding hydrogens is 325 g/mol. The molecule has 3 heterocycles. The molecule has 9 heteroatoms. The number of hydrogen-bond acceptors (Lipinski definition) is 4. The van der Waals surface area contributed by atoms with Gasteiger partial charge in [0, 0.05) is 44.1 Å². The molecule has 1 aromatic rings. The van der Waals surface area contributed by atoms with E-state index in [0.717, 1.165) is 5.69 Å². The van der Waals surface area contributed by atoms with Crippen molar-refractivity contribution in [2.45, 2.75) is 37.4 Å². The maximum atomic E-state index is 12.7. The summed E-state index contributed by atoms with van der Waals surface area (Å²) in [6, 6.07) is -1.01. The fourth-order valence-corrected chi connectivity index (χ4v) is 3.36. The number of rotatable bonds is 2. The van der Waals surface area contributed by atoms with Crippen LogP contribution in [0, 0.1) is 0 Å². The lowest BCUT2D eigenvalue weighted by molar-refractivity contribution is -0.187. The second-order valence-electron chi connectivity index (χ2n) is 6.05. The van der Waals surface area contributed by atoms with Gasteiger partial charge in [-0.15, -0.1) is 0 Å². The van der Waals surface area contributed by atoms with Crippen LogP contribution in [0.15, 0.2) is 18.6 Å². The number of halogens is 3. The van der Waals surface area contributed by atoms with Crippen LogP contribution in [-0.2, 0) is 9.59 Å². The molecule has 130 valence electrons. The molecule has 24 heavy (non-hydrogen) atoms. The van der Waals surface area contributed by atoms with E-state index in [1.54, 1.807) is 18.6 Å². The lowest BCUT2D eigenvalue weighted by Crippen LogP contribution is -2.50. The van der Waals surface area contributed by atoms with E-state index in [-0.39, 0.29) is 18.9 Å². The number of amides is 2. The van der Waals surface area contributed by atoms with Crippen molar-refractivity contribution in [2.24, 2.45) is 0 Å². The third kappa shape index (κ3) is 3.20. The molecule has 2 amide bonds. The Kier molecular flexibility index (Phi) is 4.42. The Morgan fingerprint density at radius 2 is 1.96 bits per heavy atom. The number of aromatic nitrogens is 2. The number of likely N-dealkylation sites (tertiary alicyclic amines) is 2. The van der Waals surface area contributed by atoms with Crippen molar-refractivity contribution >= 4 is 11.8 Å². The van der Waals surface area contributed by atoms with Gasteiger partial charge in [-0.3, -0.25) is 19.6 Å². The highest BCUT2D eigenvalue weighted by Crippen LogP contribution is 2.30. The van der Waals surface area contributed by atoms with E-state index in [1.807, 2.05) is 0 Å². The van der Waals surface area contributed by atoms with Gasteiger partial charge < -0.3 is 9.80 Å². The molecule has 2 aliphatic rings. The van der Waals surface area contributed by atoms with Crippen LogP contribution in [0.3, 0.4) is 0 Å². The molecule has 0 saturated carbocycles. The summed E-state index contributed by atoms with van der Waals surface area (Å²) in [4.78, 5) is 34.5. The van der Waals surface area contributed by atoms with Gasteiger partial charge in [0.2, 0.25) is 5.91 Å². The van der Waals surface area contributed by atoms with Crippen molar-refractivity contribution in [2.75, 3.05) is 19.6 Å². The normalized spacial score (nSPS) is 24.5. The molecule has 2 fully saturated rings. The summed E-state index contributed by atoms with van der Waals surface area (Å²) in [7, 11) is 0. The molecule has 0 aromatic carbocycles. The van der Waals surface area contributed by atoms with Gasteiger partial charge in [-0.05, 0) is 19.3 Å². The van der Waals surface area contributed by atoms with Gasteiger partial charge in [0.25, 0.3) is 0 Å². The zero-order valence-electron chi connectivity index (χ0n) is 12.9. The fraction of sp³-hybridized carbons (Fsp3) is 0.600. The van der Waals surface area contributed by atoms with Gasteiger partial charge in [-0.1, -0.05) is 0 Å². The molecule has 6 nitrogen and oxygen atoms in total. The first-order chi connectivity index (χ1) is 11.4. The van der Waals surface area contributed by atoms with Gasteiger partial charge in [-0.25, -0.2) is 0 Å². The Labute approximate surface area is 136 Å². The number of hydrogen-bond donors (Lipinski definition) is 0. The summed E-state index contributed by atoms with van der Waals surface area (Å²) in [6.45, 7) is 0.808. The first kappa shape index (κ1) is 16.7. The van der Waals surface area contributed by atoms with Crippen LogP contribution < -0.4 is 0 Å². The number of carbonyl (C=O) groups excluding carboxylic acids is 2. The van der Waals surface area contributed by atoms with Crippen molar-refractivity contribution in [3.05, 3.63) is 24.3 Å². The van der Waals surface area contributed by atoms with Crippen molar-refractivity contribution in [3.63, 3.8) is 0 Å². The molecule has 0 N–H and O–H groups in total. The smallest absolute Gasteiger partial charge is 0.340 e. The first-order valence-electron chi connectivity index (χ1n) is 7.80. The summed E-state index contributed by atoms with van der Waals surface area (Å²) in [5.74, 6) is -2.31. The third-order valence-electron chi connectivity index (χ3n) is 4.54. The van der Waals surface area contributed by atoms with Crippen LogP contribution in [0.25, 0.3) is 0 Å². The van der Waals surface area contributed by atoms with Crippen LogP contribution in [0.4, 0.5) is 13.2 Å². The van der Waals surface area contributed by atoms with Gasteiger partial charge in [0.15, 0.2) is 0 Å². The van der Waals surface area contributed by atoms with Gasteiger partial charge in [0.05, 0.1) is 5.69 Å². The minimum Gasteiger partial charge on any atom is -0.340 e. The molecule has 0 aliphatic carbocycles. The molecule has 2 atom stereocenters. The predicted molar refractivity (Wildman–Crippen MR) is 76.8 cm³/mol. The SMILES string of the molecule is O=C([C@@H]1CCCN1C(=O)C(F)(F)F)N1CCC(c2cnccn2)C1. The third-order valence-corrected chi connectivity index (χ3v) is 4.54. The molecule has 1 aromatic heterocycles. The van der Waals surface area contributed by atoms with Crippen molar-refractivity contribution in [1.82, 2.24) is 19.8 Å². The maximum absolute atomic E-state index is 12.7. The van der Waals surface area contributed by atoms with E-state index in [9.17, 15) is 22.8 Å². The van der Waals surface area contributed by atoms with Gasteiger partial charge in [0.1, 0.15) is 6.04 Å². The average Bonchev–Trinajstić information content (AvgIpc) is 3.23. The first-order valence-corrected chi connectivity index (χ1v) is 7.80. The number of alkyl halides is 3. The summed E-state index contributed by atoms with van der Waals surface area (Å²) < 4.78 is 38.0. The standard InChI is InChI=1S/C15H17F3N4O2/c16-15(17,18)14(24)22-6-1-2-12(22)13(23)21-7-3-10(9-21)11-8-19-4-5-20-11/h4-5,8,10,12H,1-3,6-7,9H2/t10?,12-/m0/s1. The molecule has 2 aliphatic heterocycles. The van der Waals surface area contributed by atoms with Crippen molar-refractivity contribution in [1.29, 1.82) is 0 Å². The van der Waals surface area contributed by atoms with Crippen LogP contribution >= 0.6 is 0 Å². The monoisotopic (exact) mass is 342 g/mol. The van der Waals surface area contributed by atoms with E-state index in [1.165, 1.54) is 4.90 Å². The minimum absolute atomic E-state index is 0.0239. The fourth-order valence-electron chi connectivity index (χ4n) is 3.36. The molecule has 0 spiro atoms. The molecule has 1 unspecified atom stereocenters. The van der Waals surface area contributed by atoms with Crippen LogP contribution in [0.1, 0.15) is 30.9 Å².